The van der Waals surface area contributed by atoms with Gasteiger partial charge in [-0.3, -0.25) is 4.79 Å². The number of ether oxygens (including phenoxy) is 2. The molecule has 2 N–H and O–H groups in total. The quantitative estimate of drug-likeness (QED) is 0.562. The van der Waals surface area contributed by atoms with Crippen LogP contribution in [0, 0.1) is 0 Å². The zero-order valence-corrected chi connectivity index (χ0v) is 18.2. The van der Waals surface area contributed by atoms with Crippen LogP contribution in [0.4, 0.5) is 11.4 Å². The Balaban J connectivity index is 1.66. The van der Waals surface area contributed by atoms with Gasteiger partial charge < -0.3 is 20.1 Å². The summed E-state index contributed by atoms with van der Waals surface area (Å²) in [6.07, 6.45) is 1.25. The molecule has 5 nitrogen and oxygen atoms in total. The lowest BCUT2D eigenvalue weighted by molar-refractivity contribution is -0.116. The van der Waals surface area contributed by atoms with Crippen molar-refractivity contribution < 1.29 is 14.3 Å². The number of hydrogen-bond donors (Lipinski definition) is 2. The molecule has 3 aromatic rings. The van der Waals surface area contributed by atoms with Crippen LogP contribution in [-0.2, 0) is 4.79 Å². The number of methoxy groups -OCH3 is 2. The monoisotopic (exact) mass is 426 g/mol. The smallest absolute Gasteiger partial charge is 0.166 e. The highest BCUT2D eigenvalue weighted by atomic mass is 16.5. The molecule has 2 atom stereocenters. The fourth-order valence-corrected chi connectivity index (χ4v) is 4.83. The molecule has 0 saturated carbocycles. The van der Waals surface area contributed by atoms with Crippen LogP contribution < -0.4 is 20.1 Å². The van der Waals surface area contributed by atoms with Gasteiger partial charge in [-0.25, -0.2) is 0 Å². The Bertz CT molecular complexity index is 1190. The molecule has 3 aromatic carbocycles. The van der Waals surface area contributed by atoms with Crippen LogP contribution in [-0.4, -0.2) is 20.0 Å². The van der Waals surface area contributed by atoms with Crippen LogP contribution >= 0.6 is 0 Å². The zero-order valence-electron chi connectivity index (χ0n) is 18.2. The van der Waals surface area contributed by atoms with Crippen molar-refractivity contribution in [1.29, 1.82) is 0 Å². The standard InChI is InChI=1S/C27H26N2O3/c1-31-24-14-8-11-19(27(24)32-2)26-25-22(28-20-12-6-7-13-21(20)29-26)15-18(16-23(25)30)17-9-4-3-5-10-17/h3-14,18,26,28-29H,15-16H2,1-2H3. The maximum absolute atomic E-state index is 13.6. The number of anilines is 2. The van der Waals surface area contributed by atoms with Crippen molar-refractivity contribution in [2.45, 2.75) is 24.8 Å². The van der Waals surface area contributed by atoms with E-state index in [4.69, 9.17) is 9.47 Å². The molecule has 0 aromatic heterocycles. The van der Waals surface area contributed by atoms with Gasteiger partial charge >= 0.3 is 0 Å². The molecule has 0 saturated heterocycles. The van der Waals surface area contributed by atoms with E-state index in [1.165, 1.54) is 5.56 Å². The van der Waals surface area contributed by atoms with E-state index < -0.39 is 0 Å². The Morgan fingerprint density at radius 1 is 0.812 bits per heavy atom. The van der Waals surface area contributed by atoms with Crippen LogP contribution in [0.15, 0.2) is 84.1 Å². The van der Waals surface area contributed by atoms with Crippen molar-refractivity contribution in [3.63, 3.8) is 0 Å². The van der Waals surface area contributed by atoms with Crippen LogP contribution in [0.5, 0.6) is 11.5 Å². The number of ketones is 1. The van der Waals surface area contributed by atoms with Crippen molar-refractivity contribution in [3.8, 4) is 11.5 Å². The minimum Gasteiger partial charge on any atom is -0.493 e. The van der Waals surface area contributed by atoms with Crippen molar-refractivity contribution in [3.05, 3.63) is 95.2 Å². The summed E-state index contributed by atoms with van der Waals surface area (Å²) in [7, 11) is 3.26. The SMILES string of the molecule is COc1cccc(C2Nc3ccccc3NC3=C2C(=O)CC(c2ccccc2)C3)c1OC. The van der Waals surface area contributed by atoms with E-state index in [9.17, 15) is 4.79 Å². The molecule has 1 aliphatic heterocycles. The molecule has 1 heterocycles. The summed E-state index contributed by atoms with van der Waals surface area (Å²) in [6.45, 7) is 0. The summed E-state index contributed by atoms with van der Waals surface area (Å²) >= 11 is 0. The van der Waals surface area contributed by atoms with E-state index in [2.05, 4.69) is 22.8 Å². The lowest BCUT2D eigenvalue weighted by atomic mass is 9.78. The highest BCUT2D eigenvalue weighted by molar-refractivity contribution is 6.01. The summed E-state index contributed by atoms with van der Waals surface area (Å²) in [5.41, 5.74) is 5.70. The molecule has 1 aliphatic carbocycles. The second-order valence-corrected chi connectivity index (χ2v) is 8.16. The number of carbonyl (C=O) groups excluding carboxylic acids is 1. The normalized spacial score (nSPS) is 19.8. The average molecular weight is 427 g/mol. The molecule has 5 rings (SSSR count). The van der Waals surface area contributed by atoms with Gasteiger partial charge in [-0.15, -0.1) is 0 Å². The number of benzene rings is 3. The predicted molar refractivity (Wildman–Crippen MR) is 126 cm³/mol. The topological polar surface area (TPSA) is 59.6 Å². The number of allylic oxidation sites excluding steroid dienone is 1. The van der Waals surface area contributed by atoms with Crippen LogP contribution in [0.3, 0.4) is 0 Å². The van der Waals surface area contributed by atoms with E-state index in [0.29, 0.717) is 17.9 Å². The fourth-order valence-electron chi connectivity index (χ4n) is 4.83. The first-order valence-electron chi connectivity index (χ1n) is 10.8. The molecule has 2 unspecified atom stereocenters. The van der Waals surface area contributed by atoms with E-state index in [1.54, 1.807) is 14.2 Å². The van der Waals surface area contributed by atoms with Gasteiger partial charge in [0, 0.05) is 23.3 Å². The van der Waals surface area contributed by atoms with Gasteiger partial charge in [-0.2, -0.15) is 0 Å². The van der Waals surface area contributed by atoms with Gasteiger partial charge in [-0.05, 0) is 36.1 Å². The maximum atomic E-state index is 13.6. The third-order valence-electron chi connectivity index (χ3n) is 6.32. The summed E-state index contributed by atoms with van der Waals surface area (Å²) in [4.78, 5) is 13.6. The summed E-state index contributed by atoms with van der Waals surface area (Å²) in [5.74, 6) is 1.57. The number of hydrogen-bond acceptors (Lipinski definition) is 5. The Morgan fingerprint density at radius 3 is 2.31 bits per heavy atom. The molecule has 2 aliphatic rings. The van der Waals surface area contributed by atoms with Crippen LogP contribution in [0.25, 0.3) is 0 Å². The van der Waals surface area contributed by atoms with Crippen molar-refractivity contribution >= 4 is 17.2 Å². The highest BCUT2D eigenvalue weighted by Crippen LogP contribution is 2.47. The minimum absolute atomic E-state index is 0.141. The third kappa shape index (κ3) is 3.50. The molecule has 5 heteroatoms. The van der Waals surface area contributed by atoms with E-state index in [-0.39, 0.29) is 17.7 Å². The van der Waals surface area contributed by atoms with Crippen LogP contribution in [0.2, 0.25) is 0 Å². The van der Waals surface area contributed by atoms with Crippen LogP contribution in [0.1, 0.15) is 35.9 Å². The average Bonchev–Trinajstić information content (AvgIpc) is 3.00. The summed E-state index contributed by atoms with van der Waals surface area (Å²) in [5, 5.41) is 7.19. The highest BCUT2D eigenvalue weighted by Gasteiger charge is 2.37. The second-order valence-electron chi connectivity index (χ2n) is 8.16. The number of para-hydroxylation sites is 3. The van der Waals surface area contributed by atoms with Gasteiger partial charge in [0.1, 0.15) is 0 Å². The Kier molecular flexibility index (Phi) is 5.31. The molecular formula is C27H26N2O3. The number of fused-ring (bicyclic) bond motifs is 1. The number of carbonyl (C=O) groups is 1. The molecular weight excluding hydrogens is 400 g/mol. The first-order valence-corrected chi connectivity index (χ1v) is 10.8. The van der Waals surface area contributed by atoms with E-state index in [1.807, 2.05) is 60.7 Å². The number of nitrogens with one attached hydrogen (secondary N) is 2. The maximum Gasteiger partial charge on any atom is 0.166 e. The Labute approximate surface area is 188 Å². The van der Waals surface area contributed by atoms with Gasteiger partial charge in [0.2, 0.25) is 0 Å². The Hall–Kier alpha value is -3.73. The molecule has 0 radical (unpaired) electrons. The summed E-state index contributed by atoms with van der Waals surface area (Å²) < 4.78 is 11.3. The lowest BCUT2D eigenvalue weighted by Crippen LogP contribution is -2.27. The van der Waals surface area contributed by atoms with E-state index in [0.717, 1.165) is 34.6 Å². The predicted octanol–water partition coefficient (Wildman–Crippen LogP) is 5.68. The third-order valence-corrected chi connectivity index (χ3v) is 6.32. The molecule has 32 heavy (non-hydrogen) atoms. The first-order chi connectivity index (χ1) is 15.7. The largest absolute Gasteiger partial charge is 0.493 e. The van der Waals surface area contributed by atoms with Crippen molar-refractivity contribution in [2.75, 3.05) is 24.9 Å². The molecule has 0 spiro atoms. The van der Waals surface area contributed by atoms with Gasteiger partial charge in [0.25, 0.3) is 0 Å². The first kappa shape index (κ1) is 20.2. The molecule has 0 fully saturated rings. The zero-order chi connectivity index (χ0) is 22.1. The minimum atomic E-state index is -0.351. The Morgan fingerprint density at radius 2 is 1.56 bits per heavy atom. The van der Waals surface area contributed by atoms with Gasteiger partial charge in [-0.1, -0.05) is 54.6 Å². The van der Waals surface area contributed by atoms with Crippen molar-refractivity contribution in [2.24, 2.45) is 0 Å². The molecule has 0 bridgehead atoms. The van der Waals surface area contributed by atoms with Gasteiger partial charge in [0.15, 0.2) is 17.3 Å². The number of Topliss-reactive ketones (excluding diaryl/α,β-unsaturated/α-hetero) is 1. The summed E-state index contributed by atoms with van der Waals surface area (Å²) in [6, 6.07) is 23.8. The lowest BCUT2D eigenvalue weighted by Gasteiger charge is -2.30. The molecule has 162 valence electrons. The van der Waals surface area contributed by atoms with E-state index >= 15 is 0 Å². The fraction of sp³-hybridized carbons (Fsp3) is 0.222. The van der Waals surface area contributed by atoms with Gasteiger partial charge in [0.05, 0.1) is 31.6 Å². The number of rotatable bonds is 4. The second kappa shape index (κ2) is 8.42. The molecule has 0 amide bonds. The van der Waals surface area contributed by atoms with Crippen molar-refractivity contribution in [1.82, 2.24) is 0 Å².